The summed E-state index contributed by atoms with van der Waals surface area (Å²) in [4.78, 5) is 8.42. The molecule has 2 heterocycles. The van der Waals surface area contributed by atoms with Gasteiger partial charge in [-0.25, -0.2) is 9.97 Å². The average molecular weight is 284 g/mol. The van der Waals surface area contributed by atoms with Gasteiger partial charge in [0.1, 0.15) is 11.3 Å². The number of hydrogen-bond acceptors (Lipinski definition) is 5. The molecule has 3 rings (SSSR count). The van der Waals surface area contributed by atoms with Gasteiger partial charge >= 0.3 is 0 Å². The van der Waals surface area contributed by atoms with E-state index in [1.54, 1.807) is 32.8 Å². The maximum atomic E-state index is 5.88. The number of aromatic nitrogens is 3. The summed E-state index contributed by atoms with van der Waals surface area (Å²) < 4.78 is 12.4. The molecule has 0 aliphatic heterocycles. The largest absolute Gasteiger partial charge is 0.493 e. The van der Waals surface area contributed by atoms with E-state index in [0.29, 0.717) is 17.3 Å². The van der Waals surface area contributed by atoms with E-state index >= 15 is 0 Å². The average Bonchev–Trinajstić information content (AvgIpc) is 2.87. The van der Waals surface area contributed by atoms with Crippen LogP contribution >= 0.6 is 0 Å². The molecule has 0 aliphatic rings. The molecule has 100 valence electrons. The number of nitrogens with zero attached hydrogens (tertiary/aromatic N) is 3. The fraction of sp³-hybridized carbons (Fsp3) is 0.167. The van der Waals surface area contributed by atoms with Crippen LogP contribution in [0.5, 0.6) is 11.5 Å². The van der Waals surface area contributed by atoms with Gasteiger partial charge in [-0.05, 0) is 0 Å². The molecule has 0 spiro atoms. The Hall–Kier alpha value is -1.24. The first-order chi connectivity index (χ1) is 8.74. The van der Waals surface area contributed by atoms with Gasteiger partial charge in [-0.3, -0.25) is 4.40 Å². The van der Waals surface area contributed by atoms with Gasteiger partial charge in [-0.2, -0.15) is 0 Å². The van der Waals surface area contributed by atoms with E-state index in [9.17, 15) is 0 Å². The number of methoxy groups -OCH3 is 2. The maximum absolute atomic E-state index is 5.88. The molecule has 19 heavy (non-hydrogen) atoms. The van der Waals surface area contributed by atoms with Gasteiger partial charge in [0.15, 0.2) is 11.5 Å². The van der Waals surface area contributed by atoms with Crippen LogP contribution in [0.2, 0.25) is 0 Å². The molecule has 0 atom stereocenters. The Morgan fingerprint density at radius 1 is 1.11 bits per heavy atom. The summed E-state index contributed by atoms with van der Waals surface area (Å²) in [5, 5.41) is 0. The van der Waals surface area contributed by atoms with E-state index in [1.165, 1.54) is 0 Å². The fourth-order valence-corrected chi connectivity index (χ4v) is 2.00. The van der Waals surface area contributed by atoms with Crippen molar-refractivity contribution in [3.63, 3.8) is 0 Å². The monoisotopic (exact) mass is 284 g/mol. The van der Waals surface area contributed by atoms with Crippen LogP contribution in [0.15, 0.2) is 24.7 Å². The number of rotatable bonds is 2. The van der Waals surface area contributed by atoms with Crippen LogP contribution in [0.3, 0.4) is 0 Å². The summed E-state index contributed by atoms with van der Waals surface area (Å²) in [5.41, 5.74) is 8.26. The predicted molar refractivity (Wildman–Crippen MR) is 68.0 cm³/mol. The van der Waals surface area contributed by atoms with Gasteiger partial charge in [-0.15, -0.1) is 0 Å². The first-order valence-electron chi connectivity index (χ1n) is 5.38. The minimum absolute atomic E-state index is 0. The zero-order chi connectivity index (χ0) is 12.7. The van der Waals surface area contributed by atoms with Crippen molar-refractivity contribution in [1.82, 2.24) is 14.4 Å². The summed E-state index contributed by atoms with van der Waals surface area (Å²) in [7, 11) is 3.18. The second kappa shape index (κ2) is 5.40. The molecule has 1 aromatic carbocycles. The zero-order valence-electron chi connectivity index (χ0n) is 10.4. The summed E-state index contributed by atoms with van der Waals surface area (Å²) in [6, 6.07) is 3.65. The Morgan fingerprint density at radius 3 is 2.47 bits per heavy atom. The molecule has 0 fully saturated rings. The molecule has 0 aliphatic carbocycles. The summed E-state index contributed by atoms with van der Waals surface area (Å²) in [5.74, 6) is 1.70. The van der Waals surface area contributed by atoms with Crippen molar-refractivity contribution >= 4 is 22.4 Å². The predicted octanol–water partition coefficient (Wildman–Crippen LogP) is 1.48. The van der Waals surface area contributed by atoms with Crippen molar-refractivity contribution in [3.05, 3.63) is 24.7 Å². The number of benzene rings is 1. The van der Waals surface area contributed by atoms with Crippen molar-refractivity contribution in [2.75, 3.05) is 20.0 Å². The van der Waals surface area contributed by atoms with Crippen molar-refractivity contribution in [3.8, 4) is 11.5 Å². The Morgan fingerprint density at radius 2 is 1.79 bits per heavy atom. The molecule has 0 amide bonds. The quantitative estimate of drug-likeness (QED) is 0.771. The molecular weight excluding hydrogens is 272 g/mol. The first kappa shape index (κ1) is 14.2. The van der Waals surface area contributed by atoms with Gasteiger partial charge in [0.25, 0.3) is 0 Å². The van der Waals surface area contributed by atoms with Crippen LogP contribution in [0, 0.1) is 37.7 Å². The number of nitrogens with two attached hydrogens (primary N) is 1. The first-order valence-corrected chi connectivity index (χ1v) is 5.38. The van der Waals surface area contributed by atoms with Crippen LogP contribution in [0.4, 0.5) is 5.82 Å². The van der Waals surface area contributed by atoms with E-state index in [1.807, 2.05) is 10.5 Å². The molecule has 7 heteroatoms. The molecule has 0 radical (unpaired) electrons. The van der Waals surface area contributed by atoms with Gasteiger partial charge in [0.2, 0.25) is 0 Å². The Kier molecular flexibility index (Phi) is 4.03. The molecule has 6 nitrogen and oxygen atoms in total. The van der Waals surface area contributed by atoms with Crippen molar-refractivity contribution in [2.45, 2.75) is 0 Å². The van der Waals surface area contributed by atoms with Gasteiger partial charge in [0, 0.05) is 49.9 Å². The molecule has 3 aromatic rings. The normalized spacial score (nSPS) is 10.4. The third-order valence-corrected chi connectivity index (χ3v) is 2.88. The Balaban J connectivity index is 0.00000133. The van der Waals surface area contributed by atoms with E-state index in [-0.39, 0.29) is 37.7 Å². The van der Waals surface area contributed by atoms with E-state index in [0.717, 1.165) is 16.6 Å². The number of ether oxygens (including phenoxy) is 2. The molecule has 2 N–H and O–H groups in total. The summed E-state index contributed by atoms with van der Waals surface area (Å²) in [6.07, 6.45) is 3.38. The Bertz CT molecular complexity index is 741. The van der Waals surface area contributed by atoms with Crippen molar-refractivity contribution < 1.29 is 47.2 Å². The minimum atomic E-state index is 0. The third-order valence-electron chi connectivity index (χ3n) is 2.88. The van der Waals surface area contributed by atoms with Crippen LogP contribution in [-0.2, 0) is 0 Å². The standard InChI is InChI=1S/C12H12N4O2.Ar/c1-17-10-3-7-8(4-11(10)18-2)16-6-14-5-9(16)12(13)15-7;/h3-6H,1-2H3,(H2,13,15);. The molecule has 0 saturated carbocycles. The third kappa shape index (κ3) is 2.20. The van der Waals surface area contributed by atoms with Crippen molar-refractivity contribution in [2.24, 2.45) is 0 Å². The van der Waals surface area contributed by atoms with Gasteiger partial charge in [0.05, 0.1) is 37.8 Å². The minimum Gasteiger partial charge on any atom is -0.493 e. The second-order valence-electron chi connectivity index (χ2n) is 3.84. The fourth-order valence-electron chi connectivity index (χ4n) is 2.00. The summed E-state index contributed by atoms with van der Waals surface area (Å²) >= 11 is 0. The SMILES string of the molecule is COc1cc2nc(N)c3cncn3c2cc1OC.[Ar]. The number of imidazole rings is 1. The van der Waals surface area contributed by atoms with Gasteiger partial charge in [-0.1, -0.05) is 0 Å². The van der Waals surface area contributed by atoms with E-state index < -0.39 is 0 Å². The second-order valence-corrected chi connectivity index (χ2v) is 3.84. The number of hydrogen-bond donors (Lipinski definition) is 1. The van der Waals surface area contributed by atoms with E-state index in [2.05, 4.69) is 9.97 Å². The molecule has 2 aromatic heterocycles. The molecule has 0 bridgehead atoms. The number of anilines is 1. The number of fused-ring (bicyclic) bond motifs is 3. The van der Waals surface area contributed by atoms with Crippen LogP contribution in [-0.4, -0.2) is 28.6 Å². The molecule has 0 saturated heterocycles. The number of nitrogen functional groups attached to an aromatic ring is 1. The topological polar surface area (TPSA) is 74.7 Å². The summed E-state index contributed by atoms with van der Waals surface area (Å²) in [6.45, 7) is 0. The van der Waals surface area contributed by atoms with Crippen LogP contribution in [0.25, 0.3) is 16.6 Å². The smallest absolute Gasteiger partial charge is 0.163 e. The zero-order valence-corrected chi connectivity index (χ0v) is 11.1. The Labute approximate surface area is 139 Å². The molecule has 0 unspecified atom stereocenters. The van der Waals surface area contributed by atoms with Crippen LogP contribution in [0.1, 0.15) is 0 Å². The molecular formula is C12H12ArN4O2. The van der Waals surface area contributed by atoms with Gasteiger partial charge < -0.3 is 15.2 Å². The van der Waals surface area contributed by atoms with Crippen LogP contribution < -0.4 is 15.2 Å². The van der Waals surface area contributed by atoms with Crippen molar-refractivity contribution in [1.29, 1.82) is 0 Å². The maximum Gasteiger partial charge on any atom is 0.163 e. The van der Waals surface area contributed by atoms with E-state index in [4.69, 9.17) is 15.2 Å².